The Hall–Kier alpha value is -0.740. The first-order valence-corrected chi connectivity index (χ1v) is 8.87. The lowest BCUT2D eigenvalue weighted by Gasteiger charge is -2.41. The second-order valence-corrected chi connectivity index (χ2v) is 7.09. The largest absolute Gasteiger partial charge is 0.496 e. The van der Waals surface area contributed by atoms with Crippen LogP contribution in [0.2, 0.25) is 0 Å². The minimum atomic E-state index is 0.693. The van der Waals surface area contributed by atoms with Crippen LogP contribution < -0.4 is 15.0 Å². The summed E-state index contributed by atoms with van der Waals surface area (Å²) in [7, 11) is 1.72. The third-order valence-electron chi connectivity index (χ3n) is 4.85. The van der Waals surface area contributed by atoms with Crippen LogP contribution in [0.1, 0.15) is 39.0 Å². The minimum absolute atomic E-state index is 0.693. The Morgan fingerprint density at radius 2 is 2.00 bits per heavy atom. The lowest BCUT2D eigenvalue weighted by atomic mass is 9.96. The van der Waals surface area contributed by atoms with Crippen molar-refractivity contribution in [3.8, 4) is 5.75 Å². The number of halogens is 1. The molecular weight excluding hydrogens is 328 g/mol. The monoisotopic (exact) mass is 352 g/mol. The van der Waals surface area contributed by atoms with E-state index in [1.165, 1.54) is 37.8 Å². The summed E-state index contributed by atoms with van der Waals surface area (Å²) in [4.78, 5) is 2.65. The Morgan fingerprint density at radius 3 is 2.57 bits per heavy atom. The second-order valence-electron chi connectivity index (χ2n) is 6.23. The maximum absolute atomic E-state index is 5.34. The van der Waals surface area contributed by atoms with Gasteiger partial charge in [-0.05, 0) is 72.8 Å². The van der Waals surface area contributed by atoms with Crippen molar-refractivity contribution in [1.29, 1.82) is 0 Å². The van der Waals surface area contributed by atoms with E-state index in [0.29, 0.717) is 18.1 Å². The Kier molecular flexibility index (Phi) is 4.75. The highest BCUT2D eigenvalue weighted by Crippen LogP contribution is 2.41. The maximum atomic E-state index is 5.34. The van der Waals surface area contributed by atoms with Gasteiger partial charge in [-0.1, -0.05) is 6.92 Å². The summed E-state index contributed by atoms with van der Waals surface area (Å²) in [6.45, 7) is 3.39. The highest BCUT2D eigenvalue weighted by molar-refractivity contribution is 9.10. The predicted octanol–water partition coefficient (Wildman–Crippen LogP) is 3.96. The van der Waals surface area contributed by atoms with Crippen LogP contribution in [0.4, 0.5) is 5.69 Å². The van der Waals surface area contributed by atoms with E-state index in [-0.39, 0.29) is 0 Å². The van der Waals surface area contributed by atoms with Gasteiger partial charge in [0.25, 0.3) is 0 Å². The predicted molar refractivity (Wildman–Crippen MR) is 91.3 cm³/mol. The van der Waals surface area contributed by atoms with Crippen molar-refractivity contribution in [3.63, 3.8) is 0 Å². The van der Waals surface area contributed by atoms with E-state index in [2.05, 4.69) is 51.3 Å². The van der Waals surface area contributed by atoms with E-state index in [4.69, 9.17) is 4.74 Å². The summed E-state index contributed by atoms with van der Waals surface area (Å²) in [5.74, 6) is 0.908. The molecule has 0 spiro atoms. The van der Waals surface area contributed by atoms with E-state index in [1.807, 2.05) is 0 Å². The summed E-state index contributed by atoms with van der Waals surface area (Å²) in [6.07, 6.45) is 6.44. The number of anilines is 1. The molecule has 2 aliphatic rings. The molecule has 2 saturated heterocycles. The first-order valence-electron chi connectivity index (χ1n) is 8.08. The number of benzene rings is 1. The lowest BCUT2D eigenvalue weighted by Crippen LogP contribution is -2.49. The van der Waals surface area contributed by atoms with Crippen molar-refractivity contribution in [2.24, 2.45) is 0 Å². The van der Waals surface area contributed by atoms with Gasteiger partial charge in [-0.25, -0.2) is 0 Å². The zero-order valence-corrected chi connectivity index (χ0v) is 14.5. The van der Waals surface area contributed by atoms with Crippen LogP contribution in [0.15, 0.2) is 22.7 Å². The summed E-state index contributed by atoms with van der Waals surface area (Å²) < 4.78 is 6.39. The van der Waals surface area contributed by atoms with Crippen LogP contribution in [-0.2, 0) is 0 Å². The first kappa shape index (κ1) is 15.2. The Labute approximate surface area is 136 Å². The fraction of sp³-hybridized carbons (Fsp3) is 0.647. The molecule has 116 valence electrons. The smallest absolute Gasteiger partial charge is 0.133 e. The molecule has 3 rings (SSSR count). The van der Waals surface area contributed by atoms with E-state index in [9.17, 15) is 0 Å². The van der Waals surface area contributed by atoms with Gasteiger partial charge in [0.15, 0.2) is 0 Å². The number of methoxy groups -OCH3 is 1. The van der Waals surface area contributed by atoms with Gasteiger partial charge in [-0.3, -0.25) is 0 Å². The Bertz CT molecular complexity index is 480. The van der Waals surface area contributed by atoms with E-state index < -0.39 is 0 Å². The topological polar surface area (TPSA) is 24.5 Å². The molecule has 0 aromatic heterocycles. The average Bonchev–Trinajstić information content (AvgIpc) is 2.76. The number of hydrogen-bond acceptors (Lipinski definition) is 3. The van der Waals surface area contributed by atoms with Gasteiger partial charge >= 0.3 is 0 Å². The maximum Gasteiger partial charge on any atom is 0.133 e. The van der Waals surface area contributed by atoms with E-state index in [0.717, 1.165) is 16.8 Å². The molecule has 2 aliphatic heterocycles. The number of fused-ring (bicyclic) bond motifs is 2. The highest BCUT2D eigenvalue weighted by Gasteiger charge is 2.40. The molecule has 1 N–H and O–H groups in total. The number of piperidine rings is 1. The van der Waals surface area contributed by atoms with Gasteiger partial charge in [0.2, 0.25) is 0 Å². The molecule has 2 unspecified atom stereocenters. The molecule has 21 heavy (non-hydrogen) atoms. The molecule has 0 amide bonds. The van der Waals surface area contributed by atoms with Crippen molar-refractivity contribution in [2.75, 3.05) is 18.6 Å². The minimum Gasteiger partial charge on any atom is -0.496 e. The van der Waals surface area contributed by atoms with Gasteiger partial charge < -0.3 is 15.0 Å². The third-order valence-corrected chi connectivity index (χ3v) is 5.47. The van der Waals surface area contributed by atoms with Crippen LogP contribution in [0.25, 0.3) is 0 Å². The molecule has 2 fully saturated rings. The van der Waals surface area contributed by atoms with Crippen LogP contribution in [0.5, 0.6) is 5.75 Å². The van der Waals surface area contributed by atoms with Gasteiger partial charge in [0.05, 0.1) is 11.6 Å². The van der Waals surface area contributed by atoms with Crippen LogP contribution >= 0.6 is 15.9 Å². The number of ether oxygens (including phenoxy) is 1. The quantitative estimate of drug-likeness (QED) is 0.867. The van der Waals surface area contributed by atoms with Crippen molar-refractivity contribution in [2.45, 2.75) is 57.2 Å². The van der Waals surface area contributed by atoms with Gasteiger partial charge in [-0.15, -0.1) is 0 Å². The van der Waals surface area contributed by atoms with Gasteiger partial charge in [0.1, 0.15) is 5.75 Å². The fourth-order valence-electron chi connectivity index (χ4n) is 3.93. The van der Waals surface area contributed by atoms with Crippen LogP contribution in [0.3, 0.4) is 0 Å². The zero-order chi connectivity index (χ0) is 14.8. The van der Waals surface area contributed by atoms with Crippen molar-refractivity contribution in [1.82, 2.24) is 5.32 Å². The molecule has 1 aromatic rings. The molecule has 2 atom stereocenters. The number of rotatable bonds is 5. The molecule has 0 radical (unpaired) electrons. The number of hydrogen-bond donors (Lipinski definition) is 1. The van der Waals surface area contributed by atoms with Gasteiger partial charge in [0, 0.05) is 23.8 Å². The third kappa shape index (κ3) is 3.07. The highest BCUT2D eigenvalue weighted by atomic mass is 79.9. The SMILES string of the molecule is CCCNC1CC2CCC(C1)N2c1ccc(OC)c(Br)c1. The molecule has 2 heterocycles. The number of nitrogens with one attached hydrogen (secondary N) is 1. The fourth-order valence-corrected chi connectivity index (χ4v) is 4.46. The summed E-state index contributed by atoms with van der Waals surface area (Å²) in [6, 6.07) is 8.58. The first-order chi connectivity index (χ1) is 10.2. The molecule has 4 heteroatoms. The van der Waals surface area contributed by atoms with Crippen molar-refractivity contribution < 1.29 is 4.74 Å². The zero-order valence-electron chi connectivity index (χ0n) is 12.9. The molecule has 0 aliphatic carbocycles. The summed E-state index contributed by atoms with van der Waals surface area (Å²) in [5.41, 5.74) is 1.34. The normalized spacial score (nSPS) is 28.0. The number of nitrogens with zero attached hydrogens (tertiary/aromatic N) is 1. The molecule has 3 nitrogen and oxygen atoms in total. The molecule has 1 aromatic carbocycles. The van der Waals surface area contributed by atoms with E-state index in [1.54, 1.807) is 7.11 Å². The standard InChI is InChI=1S/C17H25BrN2O/c1-3-8-19-12-9-13-4-5-14(10-12)20(13)15-6-7-17(21-2)16(18)11-15/h6-7,11-14,19H,3-5,8-10H2,1-2H3. The van der Waals surface area contributed by atoms with Gasteiger partial charge in [-0.2, -0.15) is 0 Å². The molecule has 0 saturated carbocycles. The van der Waals surface area contributed by atoms with E-state index >= 15 is 0 Å². The average molecular weight is 353 g/mol. The molecular formula is C17H25BrN2O. The lowest BCUT2D eigenvalue weighted by molar-refractivity contribution is 0.356. The summed E-state index contributed by atoms with van der Waals surface area (Å²) >= 11 is 3.62. The van der Waals surface area contributed by atoms with Crippen molar-refractivity contribution >= 4 is 21.6 Å². The van der Waals surface area contributed by atoms with Crippen LogP contribution in [0, 0.1) is 0 Å². The molecule has 2 bridgehead atoms. The Balaban J connectivity index is 1.74. The van der Waals surface area contributed by atoms with Crippen molar-refractivity contribution in [3.05, 3.63) is 22.7 Å². The Morgan fingerprint density at radius 1 is 1.29 bits per heavy atom. The summed E-state index contributed by atoms with van der Waals surface area (Å²) in [5, 5.41) is 3.72. The second kappa shape index (κ2) is 6.57. The van der Waals surface area contributed by atoms with Crippen LogP contribution in [-0.4, -0.2) is 31.8 Å².